The SMILES string of the molecule is Cn1cc2cccc(NC=C(C#N)c3nn[nH]n3)c2n1. The Morgan fingerprint density at radius 2 is 2.40 bits per heavy atom. The van der Waals surface area contributed by atoms with Crippen molar-refractivity contribution in [3.05, 3.63) is 36.4 Å². The van der Waals surface area contributed by atoms with E-state index >= 15 is 0 Å². The van der Waals surface area contributed by atoms with E-state index in [9.17, 15) is 0 Å². The molecule has 20 heavy (non-hydrogen) atoms. The molecule has 2 heterocycles. The molecule has 0 aliphatic carbocycles. The number of anilines is 1. The van der Waals surface area contributed by atoms with Crippen molar-refractivity contribution in [1.82, 2.24) is 30.4 Å². The quantitative estimate of drug-likeness (QED) is 0.686. The summed E-state index contributed by atoms with van der Waals surface area (Å²) < 4.78 is 1.74. The summed E-state index contributed by atoms with van der Waals surface area (Å²) in [6.07, 6.45) is 3.46. The molecule has 0 radical (unpaired) electrons. The van der Waals surface area contributed by atoms with Crippen LogP contribution < -0.4 is 5.32 Å². The number of aromatic amines is 1. The van der Waals surface area contributed by atoms with Gasteiger partial charge in [-0.3, -0.25) is 4.68 Å². The molecular weight excluding hydrogens is 256 g/mol. The van der Waals surface area contributed by atoms with E-state index in [1.54, 1.807) is 4.68 Å². The predicted octanol–water partition coefficient (Wildman–Crippen LogP) is 1.06. The number of hydrogen-bond donors (Lipinski definition) is 2. The Hall–Kier alpha value is -3.21. The van der Waals surface area contributed by atoms with Gasteiger partial charge in [-0.2, -0.15) is 15.6 Å². The fourth-order valence-corrected chi connectivity index (χ4v) is 1.85. The average Bonchev–Trinajstić information content (AvgIpc) is 3.08. The standard InChI is InChI=1S/C12H10N8/c1-20-7-8-3-2-4-10(11(8)17-20)14-6-9(5-13)12-15-18-19-16-12/h2-4,6-7,14H,1H3,(H,15,16,18,19). The average molecular weight is 266 g/mol. The summed E-state index contributed by atoms with van der Waals surface area (Å²) >= 11 is 0. The number of H-pyrrole nitrogens is 1. The van der Waals surface area contributed by atoms with Gasteiger partial charge in [0.25, 0.3) is 0 Å². The first-order valence-corrected chi connectivity index (χ1v) is 5.81. The van der Waals surface area contributed by atoms with Gasteiger partial charge >= 0.3 is 0 Å². The highest BCUT2D eigenvalue weighted by atomic mass is 15.5. The van der Waals surface area contributed by atoms with Gasteiger partial charge in [0.1, 0.15) is 17.2 Å². The number of rotatable bonds is 3. The van der Waals surface area contributed by atoms with Crippen LogP contribution in [0.25, 0.3) is 16.5 Å². The van der Waals surface area contributed by atoms with E-state index in [4.69, 9.17) is 5.26 Å². The van der Waals surface area contributed by atoms with Crippen molar-refractivity contribution in [3.63, 3.8) is 0 Å². The van der Waals surface area contributed by atoms with E-state index in [0.717, 1.165) is 16.6 Å². The van der Waals surface area contributed by atoms with Crippen LogP contribution in [0, 0.1) is 11.3 Å². The second kappa shape index (κ2) is 4.81. The molecule has 8 nitrogen and oxygen atoms in total. The third kappa shape index (κ3) is 2.08. The zero-order valence-electron chi connectivity index (χ0n) is 10.6. The molecule has 0 aliphatic rings. The Balaban J connectivity index is 1.95. The summed E-state index contributed by atoms with van der Waals surface area (Å²) in [5.41, 5.74) is 1.92. The topological polar surface area (TPSA) is 108 Å². The van der Waals surface area contributed by atoms with Crippen LogP contribution in [0.3, 0.4) is 0 Å². The van der Waals surface area contributed by atoms with Crippen LogP contribution in [0.4, 0.5) is 5.69 Å². The molecule has 2 N–H and O–H groups in total. The number of allylic oxidation sites excluding steroid dienone is 1. The molecule has 0 saturated heterocycles. The molecule has 0 bridgehead atoms. The van der Waals surface area contributed by atoms with Gasteiger partial charge < -0.3 is 5.32 Å². The van der Waals surface area contributed by atoms with Gasteiger partial charge in [-0.15, -0.1) is 10.2 Å². The number of benzene rings is 1. The molecule has 8 heteroatoms. The molecule has 0 aliphatic heterocycles. The molecule has 1 aromatic carbocycles. The maximum atomic E-state index is 9.09. The Morgan fingerprint density at radius 3 is 3.15 bits per heavy atom. The van der Waals surface area contributed by atoms with Crippen molar-refractivity contribution in [2.75, 3.05) is 5.32 Å². The smallest absolute Gasteiger partial charge is 0.216 e. The van der Waals surface area contributed by atoms with Gasteiger partial charge in [0, 0.05) is 24.8 Å². The van der Waals surface area contributed by atoms with Crippen LogP contribution >= 0.6 is 0 Å². The second-order valence-electron chi connectivity index (χ2n) is 4.10. The Kier molecular flexibility index (Phi) is 2.85. The molecule has 0 amide bonds. The van der Waals surface area contributed by atoms with Gasteiger partial charge in [0.05, 0.1) is 5.69 Å². The lowest BCUT2D eigenvalue weighted by molar-refractivity contribution is 0.780. The first-order valence-electron chi connectivity index (χ1n) is 5.81. The zero-order chi connectivity index (χ0) is 13.9. The van der Waals surface area contributed by atoms with Crippen molar-refractivity contribution >= 4 is 22.2 Å². The third-order valence-electron chi connectivity index (χ3n) is 2.73. The van der Waals surface area contributed by atoms with Crippen LogP contribution in [-0.4, -0.2) is 30.4 Å². The van der Waals surface area contributed by atoms with Crippen LogP contribution in [0.5, 0.6) is 0 Å². The van der Waals surface area contributed by atoms with Gasteiger partial charge in [-0.05, 0) is 11.3 Å². The summed E-state index contributed by atoms with van der Waals surface area (Å²) in [6.45, 7) is 0. The molecule has 0 fully saturated rings. The molecule has 3 aromatic rings. The number of nitriles is 1. The molecular formula is C12H10N8. The Bertz CT molecular complexity index is 806. The minimum Gasteiger partial charge on any atom is -0.358 e. The Labute approximate surface area is 113 Å². The predicted molar refractivity (Wildman–Crippen MR) is 72.1 cm³/mol. The highest BCUT2D eigenvalue weighted by molar-refractivity contribution is 5.91. The highest BCUT2D eigenvalue weighted by Gasteiger charge is 2.07. The number of fused-ring (bicyclic) bond motifs is 1. The van der Waals surface area contributed by atoms with Crippen LogP contribution in [0.2, 0.25) is 0 Å². The van der Waals surface area contributed by atoms with Crippen molar-refractivity contribution in [1.29, 1.82) is 5.26 Å². The third-order valence-corrected chi connectivity index (χ3v) is 2.73. The number of nitrogens with one attached hydrogen (secondary N) is 2. The summed E-state index contributed by atoms with van der Waals surface area (Å²) in [4.78, 5) is 0. The first kappa shape index (κ1) is 11.9. The zero-order valence-corrected chi connectivity index (χ0v) is 10.6. The molecule has 0 atom stereocenters. The van der Waals surface area contributed by atoms with Crippen LogP contribution in [0.15, 0.2) is 30.6 Å². The second-order valence-corrected chi connectivity index (χ2v) is 4.10. The molecule has 0 unspecified atom stereocenters. The monoisotopic (exact) mass is 266 g/mol. The van der Waals surface area contributed by atoms with Crippen molar-refractivity contribution in [3.8, 4) is 6.07 Å². The van der Waals surface area contributed by atoms with Gasteiger partial charge in [0.15, 0.2) is 0 Å². The summed E-state index contributed by atoms with van der Waals surface area (Å²) in [5, 5.41) is 30.8. The molecule has 0 spiro atoms. The van der Waals surface area contributed by atoms with Crippen molar-refractivity contribution in [2.24, 2.45) is 7.05 Å². The molecule has 98 valence electrons. The maximum Gasteiger partial charge on any atom is 0.216 e. The van der Waals surface area contributed by atoms with Crippen molar-refractivity contribution < 1.29 is 0 Å². The van der Waals surface area contributed by atoms with E-state index in [2.05, 4.69) is 31.0 Å². The summed E-state index contributed by atoms with van der Waals surface area (Å²) in [6, 6.07) is 7.79. The van der Waals surface area contributed by atoms with Crippen LogP contribution in [-0.2, 0) is 7.05 Å². The van der Waals surface area contributed by atoms with Gasteiger partial charge in [-0.25, -0.2) is 0 Å². The first-order chi connectivity index (χ1) is 9.78. The van der Waals surface area contributed by atoms with E-state index in [1.807, 2.05) is 37.5 Å². The molecule has 3 rings (SSSR count). The summed E-state index contributed by atoms with van der Waals surface area (Å²) in [7, 11) is 1.86. The normalized spacial score (nSPS) is 11.5. The lowest BCUT2D eigenvalue weighted by atomic mass is 10.2. The van der Waals surface area contributed by atoms with Crippen molar-refractivity contribution in [2.45, 2.75) is 0 Å². The highest BCUT2D eigenvalue weighted by Crippen LogP contribution is 2.21. The number of aromatic nitrogens is 6. The lowest BCUT2D eigenvalue weighted by Gasteiger charge is -2.01. The largest absolute Gasteiger partial charge is 0.358 e. The van der Waals surface area contributed by atoms with Crippen LogP contribution in [0.1, 0.15) is 5.82 Å². The fourth-order valence-electron chi connectivity index (χ4n) is 1.85. The van der Waals surface area contributed by atoms with E-state index in [-0.39, 0.29) is 11.4 Å². The number of aryl methyl sites for hydroxylation is 1. The minimum atomic E-state index is 0.244. The van der Waals surface area contributed by atoms with Gasteiger partial charge in [-0.1, -0.05) is 12.1 Å². The summed E-state index contributed by atoms with van der Waals surface area (Å²) in [5.74, 6) is 0.244. The number of hydrogen-bond acceptors (Lipinski definition) is 6. The van der Waals surface area contributed by atoms with Gasteiger partial charge in [0.2, 0.25) is 5.82 Å². The molecule has 0 saturated carbocycles. The molecule has 2 aromatic heterocycles. The number of tetrazole rings is 1. The lowest BCUT2D eigenvalue weighted by Crippen LogP contribution is -1.94. The van der Waals surface area contributed by atoms with E-state index in [1.165, 1.54) is 6.20 Å². The Morgan fingerprint density at radius 1 is 1.50 bits per heavy atom. The number of nitrogens with zero attached hydrogens (tertiary/aromatic N) is 6. The van der Waals surface area contributed by atoms with E-state index < -0.39 is 0 Å². The minimum absolute atomic E-state index is 0.244. The van der Waals surface area contributed by atoms with E-state index in [0.29, 0.717) is 0 Å². The fraction of sp³-hybridized carbons (Fsp3) is 0.0833. The maximum absolute atomic E-state index is 9.09.